The second-order valence-electron chi connectivity index (χ2n) is 4.69. The van der Waals surface area contributed by atoms with Crippen LogP contribution in [-0.4, -0.2) is 22.3 Å². The van der Waals surface area contributed by atoms with Crippen LogP contribution in [0.1, 0.15) is 14.5 Å². The van der Waals surface area contributed by atoms with Gasteiger partial charge in [0.1, 0.15) is 9.88 Å². The Morgan fingerprint density at radius 1 is 1.35 bits per heavy atom. The van der Waals surface area contributed by atoms with Gasteiger partial charge in [0.15, 0.2) is 0 Å². The Labute approximate surface area is 151 Å². The fraction of sp³-hybridized carbons (Fsp3) is 0.125. The van der Waals surface area contributed by atoms with Crippen molar-refractivity contribution in [3.63, 3.8) is 0 Å². The zero-order valence-electron chi connectivity index (χ0n) is 12.1. The number of thiazole rings is 1. The molecule has 0 aliphatic rings. The molecule has 1 amide bonds. The molecule has 0 saturated heterocycles. The van der Waals surface area contributed by atoms with E-state index in [1.807, 2.05) is 29.6 Å². The quantitative estimate of drug-likeness (QED) is 0.535. The van der Waals surface area contributed by atoms with E-state index in [1.54, 1.807) is 28.5 Å². The number of rotatable bonds is 6. The van der Waals surface area contributed by atoms with Crippen LogP contribution in [0.5, 0.6) is 0 Å². The van der Waals surface area contributed by atoms with Crippen molar-refractivity contribution in [3.8, 4) is 9.88 Å². The molecule has 0 aromatic carbocycles. The summed E-state index contributed by atoms with van der Waals surface area (Å²) in [5.74, 6) is -0.0327. The largest absolute Gasteiger partial charge is 0.329 e. The molecule has 23 heavy (non-hydrogen) atoms. The van der Waals surface area contributed by atoms with Crippen molar-refractivity contribution in [2.45, 2.75) is 6.54 Å². The summed E-state index contributed by atoms with van der Waals surface area (Å²) in [5.41, 5.74) is 0. The highest BCUT2D eigenvalue weighted by Crippen LogP contribution is 2.30. The first kappa shape index (κ1) is 16.4. The minimum atomic E-state index is -0.0327. The van der Waals surface area contributed by atoms with E-state index in [9.17, 15) is 4.79 Å². The fourth-order valence-electron chi connectivity index (χ4n) is 2.04. The summed E-state index contributed by atoms with van der Waals surface area (Å²) < 4.78 is 0.726. The van der Waals surface area contributed by atoms with E-state index in [4.69, 9.17) is 11.6 Å². The summed E-state index contributed by atoms with van der Waals surface area (Å²) in [4.78, 5) is 21.6. The summed E-state index contributed by atoms with van der Waals surface area (Å²) in [6.07, 6.45) is 3.38. The molecule has 0 N–H and O–H groups in total. The Morgan fingerprint density at radius 2 is 2.22 bits per heavy atom. The minimum Gasteiger partial charge on any atom is -0.329 e. The molecule has 3 heterocycles. The molecule has 0 bridgehead atoms. The van der Waals surface area contributed by atoms with E-state index in [2.05, 4.69) is 11.6 Å². The highest BCUT2D eigenvalue weighted by atomic mass is 35.5. The van der Waals surface area contributed by atoms with Gasteiger partial charge in [0.25, 0.3) is 5.91 Å². The van der Waals surface area contributed by atoms with Crippen LogP contribution in [-0.2, 0) is 6.54 Å². The van der Waals surface area contributed by atoms with Gasteiger partial charge in [0.05, 0.1) is 22.0 Å². The van der Waals surface area contributed by atoms with Crippen molar-refractivity contribution in [2.75, 3.05) is 6.54 Å². The average molecular weight is 381 g/mol. The number of carbonyl (C=O) groups is 1. The van der Waals surface area contributed by atoms with Crippen LogP contribution >= 0.6 is 45.6 Å². The third-order valence-electron chi connectivity index (χ3n) is 3.06. The first-order valence-electron chi connectivity index (χ1n) is 6.81. The maximum absolute atomic E-state index is 12.8. The lowest BCUT2D eigenvalue weighted by molar-refractivity contribution is 0.0769. The molecular weight excluding hydrogens is 368 g/mol. The van der Waals surface area contributed by atoms with E-state index in [1.165, 1.54) is 22.7 Å². The first-order chi connectivity index (χ1) is 11.2. The number of aromatic nitrogens is 1. The van der Waals surface area contributed by atoms with Crippen LogP contribution in [0.25, 0.3) is 9.88 Å². The van der Waals surface area contributed by atoms with Gasteiger partial charge in [-0.1, -0.05) is 23.7 Å². The molecular formula is C16H13ClN2OS3. The van der Waals surface area contributed by atoms with Gasteiger partial charge in [-0.15, -0.1) is 40.6 Å². The van der Waals surface area contributed by atoms with Crippen molar-refractivity contribution in [3.05, 3.63) is 62.6 Å². The highest BCUT2D eigenvalue weighted by molar-refractivity contribution is 7.22. The highest BCUT2D eigenvalue weighted by Gasteiger charge is 2.19. The van der Waals surface area contributed by atoms with Gasteiger partial charge in [-0.3, -0.25) is 4.79 Å². The Kier molecular flexibility index (Phi) is 5.27. The third kappa shape index (κ3) is 3.90. The predicted octanol–water partition coefficient (Wildman–Crippen LogP) is 5.41. The van der Waals surface area contributed by atoms with Gasteiger partial charge in [0.2, 0.25) is 0 Å². The molecule has 3 aromatic heterocycles. The topological polar surface area (TPSA) is 33.2 Å². The molecule has 7 heteroatoms. The number of nitrogens with zero attached hydrogens (tertiary/aromatic N) is 2. The van der Waals surface area contributed by atoms with Gasteiger partial charge in [-0.2, -0.15) is 0 Å². The SMILES string of the molecule is C=CCN(Cc1ccc(Cl)s1)C(=O)c1cnc(-c2cccs2)s1. The van der Waals surface area contributed by atoms with Crippen LogP contribution in [0, 0.1) is 0 Å². The van der Waals surface area contributed by atoms with Gasteiger partial charge in [-0.05, 0) is 23.6 Å². The molecule has 0 spiro atoms. The maximum atomic E-state index is 12.8. The first-order valence-corrected chi connectivity index (χ1v) is 9.70. The number of thiophene rings is 2. The Bertz CT molecular complexity index is 807. The van der Waals surface area contributed by atoms with Crippen molar-refractivity contribution < 1.29 is 4.79 Å². The number of amides is 1. The second kappa shape index (κ2) is 7.40. The van der Waals surface area contributed by atoms with E-state index < -0.39 is 0 Å². The molecule has 0 atom stereocenters. The molecule has 0 unspecified atom stereocenters. The second-order valence-corrected chi connectivity index (χ2v) is 8.47. The molecule has 0 aliphatic heterocycles. The number of halogens is 1. The summed E-state index contributed by atoms with van der Waals surface area (Å²) in [7, 11) is 0. The average Bonchev–Trinajstić information content (AvgIpc) is 3.27. The van der Waals surface area contributed by atoms with Crippen molar-refractivity contribution in [1.29, 1.82) is 0 Å². The minimum absolute atomic E-state index is 0.0327. The number of hydrogen-bond acceptors (Lipinski definition) is 5. The Balaban J connectivity index is 1.79. The molecule has 118 valence electrons. The Morgan fingerprint density at radius 3 is 2.87 bits per heavy atom. The molecule has 3 aromatic rings. The lowest BCUT2D eigenvalue weighted by atomic mass is 10.3. The predicted molar refractivity (Wildman–Crippen MR) is 99.7 cm³/mol. The lowest BCUT2D eigenvalue weighted by Crippen LogP contribution is -2.29. The zero-order valence-corrected chi connectivity index (χ0v) is 15.3. The maximum Gasteiger partial charge on any atom is 0.266 e. The number of carbonyl (C=O) groups excluding carboxylic acids is 1. The van der Waals surface area contributed by atoms with E-state index in [-0.39, 0.29) is 5.91 Å². The molecule has 0 fully saturated rings. The smallest absolute Gasteiger partial charge is 0.266 e. The number of hydrogen-bond donors (Lipinski definition) is 0. The van der Waals surface area contributed by atoms with Crippen molar-refractivity contribution >= 4 is 51.5 Å². The lowest BCUT2D eigenvalue weighted by Gasteiger charge is -2.19. The monoisotopic (exact) mass is 380 g/mol. The van der Waals surface area contributed by atoms with Crippen molar-refractivity contribution in [2.24, 2.45) is 0 Å². The van der Waals surface area contributed by atoms with Crippen LogP contribution in [0.15, 0.2) is 48.5 Å². The molecule has 0 aliphatic carbocycles. The fourth-order valence-corrected chi connectivity index (χ4v) is 4.83. The van der Waals surface area contributed by atoms with Gasteiger partial charge in [-0.25, -0.2) is 4.98 Å². The van der Waals surface area contributed by atoms with Crippen LogP contribution < -0.4 is 0 Å². The zero-order chi connectivity index (χ0) is 16.2. The summed E-state index contributed by atoms with van der Waals surface area (Å²) >= 11 is 10.5. The van der Waals surface area contributed by atoms with Gasteiger partial charge in [0, 0.05) is 11.4 Å². The molecule has 3 nitrogen and oxygen atoms in total. The summed E-state index contributed by atoms with van der Waals surface area (Å²) in [6.45, 7) is 4.75. The van der Waals surface area contributed by atoms with Crippen LogP contribution in [0.4, 0.5) is 0 Å². The standard InChI is InChI=1S/C16H13ClN2OS3/c1-2-7-19(10-11-5-6-14(17)22-11)16(20)13-9-18-15(23-13)12-4-3-8-21-12/h2-6,8-9H,1,7,10H2. The van der Waals surface area contributed by atoms with E-state index in [0.717, 1.165) is 19.1 Å². The van der Waals surface area contributed by atoms with Gasteiger partial charge >= 0.3 is 0 Å². The van der Waals surface area contributed by atoms with Crippen LogP contribution in [0.3, 0.4) is 0 Å². The Hall–Kier alpha value is -1.47. The summed E-state index contributed by atoms with van der Waals surface area (Å²) in [6, 6.07) is 7.78. The van der Waals surface area contributed by atoms with Gasteiger partial charge < -0.3 is 4.90 Å². The summed E-state index contributed by atoms with van der Waals surface area (Å²) in [5, 5.41) is 2.88. The molecule has 0 radical (unpaired) electrons. The molecule has 0 saturated carbocycles. The van der Waals surface area contributed by atoms with E-state index in [0.29, 0.717) is 18.0 Å². The van der Waals surface area contributed by atoms with Crippen molar-refractivity contribution in [1.82, 2.24) is 9.88 Å². The molecule has 3 rings (SSSR count). The van der Waals surface area contributed by atoms with E-state index >= 15 is 0 Å². The normalized spacial score (nSPS) is 10.7. The van der Waals surface area contributed by atoms with Crippen LogP contribution in [0.2, 0.25) is 4.34 Å². The third-order valence-corrected chi connectivity index (χ3v) is 6.30.